The van der Waals surface area contributed by atoms with Crippen molar-refractivity contribution >= 4 is 17.8 Å². The molecule has 0 saturated carbocycles. The minimum atomic E-state index is 0.170. The van der Waals surface area contributed by atoms with Crippen molar-refractivity contribution in [3.8, 4) is 5.75 Å². The highest BCUT2D eigenvalue weighted by Gasteiger charge is 2.21. The van der Waals surface area contributed by atoms with E-state index >= 15 is 0 Å². The molecule has 1 heterocycles. The van der Waals surface area contributed by atoms with Gasteiger partial charge in [0.1, 0.15) is 5.75 Å². The SMILES string of the molecule is Cc1cc(C)c2c(c1)OSCC2=O. The third kappa shape index (κ3) is 1.44. The van der Waals surface area contributed by atoms with E-state index in [9.17, 15) is 4.79 Å². The van der Waals surface area contributed by atoms with Gasteiger partial charge >= 0.3 is 0 Å². The van der Waals surface area contributed by atoms with Crippen LogP contribution in [0.4, 0.5) is 0 Å². The van der Waals surface area contributed by atoms with Crippen LogP contribution in [0.3, 0.4) is 0 Å². The standard InChI is InChI=1S/C10H10O2S/c1-6-3-7(2)10-8(11)5-13-12-9(10)4-6/h3-4H,5H2,1-2H3. The number of carbonyl (C=O) groups excluding carboxylic acids is 1. The Kier molecular flexibility index (Phi) is 2.04. The van der Waals surface area contributed by atoms with Crippen LogP contribution in [0.5, 0.6) is 5.75 Å². The molecule has 1 aromatic rings. The molecule has 13 heavy (non-hydrogen) atoms. The van der Waals surface area contributed by atoms with Crippen molar-refractivity contribution in [1.29, 1.82) is 0 Å². The fraction of sp³-hybridized carbons (Fsp3) is 0.300. The minimum absolute atomic E-state index is 0.170. The van der Waals surface area contributed by atoms with Crippen LogP contribution in [-0.4, -0.2) is 11.5 Å². The first kappa shape index (κ1) is 8.63. The van der Waals surface area contributed by atoms with Crippen molar-refractivity contribution in [3.63, 3.8) is 0 Å². The van der Waals surface area contributed by atoms with Crippen molar-refractivity contribution in [1.82, 2.24) is 0 Å². The molecule has 0 fully saturated rings. The Labute approximate surface area is 81.5 Å². The summed E-state index contributed by atoms with van der Waals surface area (Å²) in [5.74, 6) is 1.32. The predicted octanol–water partition coefficient (Wildman–Crippen LogP) is 2.53. The number of Topliss-reactive ketones (excluding diaryl/α,β-unsaturated/α-hetero) is 1. The van der Waals surface area contributed by atoms with Gasteiger partial charge in [0, 0.05) is 0 Å². The number of benzene rings is 1. The Morgan fingerprint density at radius 1 is 1.38 bits per heavy atom. The number of ketones is 1. The molecule has 0 spiro atoms. The number of hydrogen-bond acceptors (Lipinski definition) is 3. The zero-order valence-electron chi connectivity index (χ0n) is 7.59. The topological polar surface area (TPSA) is 26.3 Å². The lowest BCUT2D eigenvalue weighted by atomic mass is 10.0. The minimum Gasteiger partial charge on any atom is -0.425 e. The Hall–Kier alpha value is -0.960. The van der Waals surface area contributed by atoms with Crippen molar-refractivity contribution < 1.29 is 8.98 Å². The van der Waals surface area contributed by atoms with Crippen LogP contribution in [0.2, 0.25) is 0 Å². The molecule has 0 saturated heterocycles. The Balaban J connectivity index is 2.63. The first-order valence-corrected chi connectivity index (χ1v) is 5.03. The van der Waals surface area contributed by atoms with Gasteiger partial charge in [-0.1, -0.05) is 6.07 Å². The van der Waals surface area contributed by atoms with Crippen LogP contribution in [-0.2, 0) is 0 Å². The van der Waals surface area contributed by atoms with E-state index in [2.05, 4.69) is 0 Å². The van der Waals surface area contributed by atoms with Crippen molar-refractivity contribution in [2.45, 2.75) is 13.8 Å². The fourth-order valence-corrected chi connectivity index (χ4v) is 2.14. The van der Waals surface area contributed by atoms with Crippen LogP contribution in [0, 0.1) is 13.8 Å². The molecule has 0 radical (unpaired) electrons. The van der Waals surface area contributed by atoms with E-state index in [4.69, 9.17) is 4.18 Å². The van der Waals surface area contributed by atoms with E-state index in [0.717, 1.165) is 22.4 Å². The van der Waals surface area contributed by atoms with E-state index in [0.29, 0.717) is 5.75 Å². The molecule has 0 amide bonds. The zero-order valence-corrected chi connectivity index (χ0v) is 8.40. The van der Waals surface area contributed by atoms with Crippen LogP contribution in [0.15, 0.2) is 12.1 Å². The highest BCUT2D eigenvalue weighted by Crippen LogP contribution is 2.32. The van der Waals surface area contributed by atoms with E-state index in [1.54, 1.807) is 0 Å². The molecule has 3 heteroatoms. The Bertz CT molecular complexity index is 371. The highest BCUT2D eigenvalue weighted by molar-refractivity contribution is 7.95. The third-order valence-corrected chi connectivity index (χ3v) is 2.74. The first-order chi connectivity index (χ1) is 6.18. The molecule has 0 aliphatic carbocycles. The summed E-state index contributed by atoms with van der Waals surface area (Å²) >= 11 is 1.21. The average molecular weight is 194 g/mol. The summed E-state index contributed by atoms with van der Waals surface area (Å²) in [6, 6.07) is 3.92. The molecule has 1 aromatic carbocycles. The maximum absolute atomic E-state index is 11.5. The lowest BCUT2D eigenvalue weighted by Crippen LogP contribution is -2.13. The molecule has 1 aliphatic heterocycles. The summed E-state index contributed by atoms with van der Waals surface area (Å²) in [5.41, 5.74) is 2.90. The second-order valence-corrected chi connectivity index (χ2v) is 3.91. The van der Waals surface area contributed by atoms with Gasteiger partial charge in [0.25, 0.3) is 0 Å². The second kappa shape index (κ2) is 3.07. The molecule has 0 aromatic heterocycles. The van der Waals surface area contributed by atoms with Crippen molar-refractivity contribution in [3.05, 3.63) is 28.8 Å². The number of carbonyl (C=O) groups is 1. The smallest absolute Gasteiger partial charge is 0.180 e. The number of rotatable bonds is 0. The average Bonchev–Trinajstić information content (AvgIpc) is 2.02. The maximum atomic E-state index is 11.5. The highest BCUT2D eigenvalue weighted by atomic mass is 32.2. The lowest BCUT2D eigenvalue weighted by molar-refractivity contribution is 0.101. The lowest BCUT2D eigenvalue weighted by Gasteiger charge is -2.16. The van der Waals surface area contributed by atoms with E-state index in [1.165, 1.54) is 12.0 Å². The largest absolute Gasteiger partial charge is 0.425 e. The molecule has 2 rings (SSSR count). The summed E-state index contributed by atoms with van der Waals surface area (Å²) in [7, 11) is 0. The summed E-state index contributed by atoms with van der Waals surface area (Å²) in [6.07, 6.45) is 0. The molecule has 0 bridgehead atoms. The monoisotopic (exact) mass is 194 g/mol. The summed E-state index contributed by atoms with van der Waals surface area (Å²) in [5, 5.41) is 0. The maximum Gasteiger partial charge on any atom is 0.180 e. The molecule has 0 N–H and O–H groups in total. The normalized spacial score (nSPS) is 15.1. The zero-order chi connectivity index (χ0) is 9.42. The Morgan fingerprint density at radius 2 is 2.15 bits per heavy atom. The van der Waals surface area contributed by atoms with Crippen LogP contribution in [0.25, 0.3) is 0 Å². The summed E-state index contributed by atoms with van der Waals surface area (Å²) in [4.78, 5) is 11.5. The molecular weight excluding hydrogens is 184 g/mol. The number of aryl methyl sites for hydroxylation is 2. The van der Waals surface area contributed by atoms with Gasteiger partial charge in [-0.2, -0.15) is 0 Å². The fourth-order valence-electron chi connectivity index (χ4n) is 1.57. The van der Waals surface area contributed by atoms with E-state index in [1.807, 2.05) is 26.0 Å². The van der Waals surface area contributed by atoms with E-state index in [-0.39, 0.29) is 5.78 Å². The molecule has 0 unspecified atom stereocenters. The van der Waals surface area contributed by atoms with Crippen molar-refractivity contribution in [2.24, 2.45) is 0 Å². The van der Waals surface area contributed by atoms with Gasteiger partial charge in [0.2, 0.25) is 0 Å². The number of fused-ring (bicyclic) bond motifs is 1. The Morgan fingerprint density at radius 3 is 2.92 bits per heavy atom. The first-order valence-electron chi connectivity index (χ1n) is 4.12. The molecule has 2 nitrogen and oxygen atoms in total. The molecular formula is C10H10O2S. The van der Waals surface area contributed by atoms with Gasteiger partial charge in [-0.3, -0.25) is 4.79 Å². The molecule has 0 atom stereocenters. The van der Waals surface area contributed by atoms with Gasteiger partial charge in [0.05, 0.1) is 23.4 Å². The summed E-state index contributed by atoms with van der Waals surface area (Å²) in [6.45, 7) is 3.95. The predicted molar refractivity (Wildman–Crippen MR) is 53.3 cm³/mol. The van der Waals surface area contributed by atoms with Crippen molar-refractivity contribution in [2.75, 3.05) is 5.75 Å². The van der Waals surface area contributed by atoms with Crippen LogP contribution in [0.1, 0.15) is 21.5 Å². The van der Waals surface area contributed by atoms with Gasteiger partial charge in [-0.15, -0.1) is 0 Å². The van der Waals surface area contributed by atoms with Gasteiger partial charge in [-0.25, -0.2) is 0 Å². The van der Waals surface area contributed by atoms with Gasteiger partial charge in [-0.05, 0) is 31.0 Å². The van der Waals surface area contributed by atoms with Gasteiger partial charge < -0.3 is 4.18 Å². The number of hydrogen-bond donors (Lipinski definition) is 0. The molecule has 68 valence electrons. The molecule has 1 aliphatic rings. The quantitative estimate of drug-likeness (QED) is 0.594. The van der Waals surface area contributed by atoms with Crippen LogP contribution >= 0.6 is 12.0 Å². The van der Waals surface area contributed by atoms with Gasteiger partial charge in [0.15, 0.2) is 5.78 Å². The third-order valence-electron chi connectivity index (χ3n) is 2.06. The summed E-state index contributed by atoms with van der Waals surface area (Å²) < 4.78 is 5.35. The van der Waals surface area contributed by atoms with Crippen LogP contribution < -0.4 is 4.18 Å². The van der Waals surface area contributed by atoms with E-state index < -0.39 is 0 Å². The second-order valence-electron chi connectivity index (χ2n) is 3.22.